The number of aromatic amines is 2. The van der Waals surface area contributed by atoms with Crippen molar-refractivity contribution in [3.05, 3.63) is 102 Å². The third-order valence-corrected chi connectivity index (χ3v) is 14.8. The molecule has 0 aliphatic rings. The number of unbranched alkanes of at least 4 members (excludes halogenated alkanes) is 1. The van der Waals surface area contributed by atoms with Gasteiger partial charge < -0.3 is 86.5 Å². The Morgan fingerprint density at radius 2 is 1.04 bits per heavy atom. The number of hydrogen-bond acceptors (Lipinski definition) is 15. The van der Waals surface area contributed by atoms with Crippen LogP contribution >= 0.6 is 25.3 Å². The molecule has 29 nitrogen and oxygen atoms in total. The lowest BCUT2D eigenvalue weighted by atomic mass is 9.99. The van der Waals surface area contributed by atoms with Crippen LogP contribution in [0.2, 0.25) is 0 Å². The molecule has 31 heteroatoms. The number of amides is 10. The van der Waals surface area contributed by atoms with Gasteiger partial charge in [-0.3, -0.25) is 57.9 Å². The predicted molar refractivity (Wildman–Crippen MR) is 342 cm³/mol. The van der Waals surface area contributed by atoms with E-state index >= 15 is 9.59 Å². The predicted octanol–water partition coefficient (Wildman–Crippen LogP) is -2.27. The number of carbonyl (C=O) groups excluding carboxylic acids is 10. The first-order valence-electron chi connectivity index (χ1n) is 28.9. The van der Waals surface area contributed by atoms with Crippen LogP contribution in [0, 0.1) is 0 Å². The number of nitrogens with two attached hydrogens (primary N) is 5. The van der Waals surface area contributed by atoms with Crippen LogP contribution < -0.4 is 76.5 Å². The highest BCUT2D eigenvalue weighted by Gasteiger charge is 2.35. The lowest BCUT2D eigenvalue weighted by Crippen LogP contribution is -2.61. The molecular weight excluding hydrogens is 1190 g/mol. The quantitative estimate of drug-likeness (QED) is 0.00863. The molecule has 0 spiro atoms. The Morgan fingerprint density at radius 1 is 0.539 bits per heavy atom. The summed E-state index contributed by atoms with van der Waals surface area (Å²) >= 11 is 8.25. The molecule has 89 heavy (non-hydrogen) atoms. The van der Waals surface area contributed by atoms with Crippen molar-refractivity contribution < 1.29 is 47.9 Å². The van der Waals surface area contributed by atoms with Gasteiger partial charge in [0, 0.05) is 79.8 Å². The number of para-hydroxylation sites is 1. The summed E-state index contributed by atoms with van der Waals surface area (Å²) in [7, 11) is 0. The second kappa shape index (κ2) is 36.0. The molecule has 2 heterocycles. The number of fused-ring (bicyclic) bond motifs is 2. The van der Waals surface area contributed by atoms with E-state index in [2.05, 4.69) is 98.0 Å². The minimum Gasteiger partial charge on any atom is -0.370 e. The molecule has 5 aromatic rings. The Morgan fingerprint density at radius 3 is 1.57 bits per heavy atom. The number of thiol groups is 2. The van der Waals surface area contributed by atoms with Crippen LogP contribution in [-0.2, 0) is 67.2 Å². The summed E-state index contributed by atoms with van der Waals surface area (Å²) in [6, 6.07) is 9.57. The lowest BCUT2D eigenvalue weighted by Gasteiger charge is -2.28. The van der Waals surface area contributed by atoms with Crippen LogP contribution in [0.4, 0.5) is 0 Å². The van der Waals surface area contributed by atoms with Crippen LogP contribution in [0.5, 0.6) is 0 Å². The lowest BCUT2D eigenvalue weighted by molar-refractivity contribution is -0.135. The summed E-state index contributed by atoms with van der Waals surface area (Å²) in [5, 5.41) is 26.3. The van der Waals surface area contributed by atoms with Gasteiger partial charge in [-0.2, -0.15) is 25.3 Å². The van der Waals surface area contributed by atoms with Crippen LogP contribution in [0.15, 0.2) is 95.4 Å². The number of nitrogens with one attached hydrogen (secondary N) is 11. The Labute approximate surface area is 524 Å². The summed E-state index contributed by atoms with van der Waals surface area (Å²) in [5.41, 5.74) is 30.1. The second-order valence-corrected chi connectivity index (χ2v) is 21.7. The molecule has 21 N–H and O–H groups in total. The van der Waals surface area contributed by atoms with E-state index in [1.807, 2.05) is 61.5 Å². The van der Waals surface area contributed by atoms with E-state index in [0.29, 0.717) is 29.7 Å². The van der Waals surface area contributed by atoms with Gasteiger partial charge in [-0.25, -0.2) is 4.98 Å². The summed E-state index contributed by atoms with van der Waals surface area (Å²) in [4.78, 5) is 156. The summed E-state index contributed by atoms with van der Waals surface area (Å²) in [6.07, 6.45) is 5.30. The molecule has 0 aliphatic heterocycles. The number of H-pyrrole nitrogens is 2. The minimum atomic E-state index is -1.49. The van der Waals surface area contributed by atoms with E-state index in [1.54, 1.807) is 18.3 Å². The molecule has 8 unspecified atom stereocenters. The highest BCUT2D eigenvalue weighted by atomic mass is 32.1. The summed E-state index contributed by atoms with van der Waals surface area (Å²) in [6.45, 7) is 2.55. The number of rotatable bonds is 37. The number of guanidine groups is 2. The molecule has 0 aliphatic carbocycles. The maximum absolute atomic E-state index is 15.1. The van der Waals surface area contributed by atoms with Crippen molar-refractivity contribution in [1.82, 2.24) is 62.8 Å². The number of aliphatic imine (C=N–C) groups is 2. The first kappa shape index (κ1) is 70.4. The first-order valence-corrected chi connectivity index (χ1v) is 30.1. The van der Waals surface area contributed by atoms with Gasteiger partial charge in [-0.15, -0.1) is 0 Å². The Bertz CT molecular complexity index is 3300. The highest BCUT2D eigenvalue weighted by Crippen LogP contribution is 2.21. The average Bonchev–Trinajstić information content (AvgIpc) is 2.12. The van der Waals surface area contributed by atoms with Gasteiger partial charge in [0.1, 0.15) is 48.3 Å². The number of primary amides is 1. The number of imidazole rings is 1. The van der Waals surface area contributed by atoms with Crippen LogP contribution in [-0.4, -0.2) is 165 Å². The van der Waals surface area contributed by atoms with Gasteiger partial charge in [-0.05, 0) is 60.1 Å². The fourth-order valence-corrected chi connectivity index (χ4v) is 9.93. The summed E-state index contributed by atoms with van der Waals surface area (Å²) < 4.78 is 0. The molecule has 0 saturated heterocycles. The molecular formula is C58H81N19O10S2. The second-order valence-electron chi connectivity index (χ2n) is 21.0. The van der Waals surface area contributed by atoms with Crippen molar-refractivity contribution >= 4 is 118 Å². The third-order valence-electron chi connectivity index (χ3n) is 14.0. The van der Waals surface area contributed by atoms with Crippen molar-refractivity contribution in [2.24, 2.45) is 38.7 Å². The van der Waals surface area contributed by atoms with Crippen LogP contribution in [0.3, 0.4) is 0 Å². The van der Waals surface area contributed by atoms with Gasteiger partial charge in [0.15, 0.2) is 11.9 Å². The number of nitrogens with zero attached hydrogens (tertiary/aromatic N) is 3. The number of aromatic nitrogens is 3. The van der Waals surface area contributed by atoms with Gasteiger partial charge in [0.2, 0.25) is 59.1 Å². The molecule has 0 bridgehead atoms. The molecule has 480 valence electrons. The monoisotopic (exact) mass is 1270 g/mol. The standard InChI is InChI=1S/C58H81N19O10S2/c1-3-4-14-40(74-56(87)47(30-89)70-32(2)78)51(82)72-41(16-9-20-65-57(60)61)53(84)77-45(25-37-27-64-31-69-37)55(86)75-43(23-33-18-19-34-11-5-6-12-35(34)22-33)54(85)73-42(17-10-21-66-58(62)63)52(83)76-44(24-36-26-67-39-15-8-7-13-38(36)39)50(81)68-28-48(79)71-46(29-88)49(59)80/h5-8,11-13,15,18-19,22,26-27,31,40-47,67,88-89H,3-4,9-10,14,16-17,20-21,23-25,28-30H2,1-2H3,(H2,59,80)(H,64,69)(H,68,81)(H,70,78)(H,71,79)(H,72,82)(H,73,85)(H,74,87)(H,75,86)(H,76,83)(H,77,84)(H4,60,61,65)(H4,62,63,66). The zero-order chi connectivity index (χ0) is 65.0. The fourth-order valence-electron chi connectivity index (χ4n) is 9.40. The van der Waals surface area contributed by atoms with E-state index in [-0.39, 0.29) is 87.9 Å². The minimum absolute atomic E-state index is 0.0140. The smallest absolute Gasteiger partial charge is 0.244 e. The van der Waals surface area contributed by atoms with Gasteiger partial charge in [0.05, 0.1) is 12.9 Å². The zero-order valence-electron chi connectivity index (χ0n) is 49.5. The maximum Gasteiger partial charge on any atom is 0.244 e. The largest absolute Gasteiger partial charge is 0.370 e. The van der Waals surface area contributed by atoms with E-state index in [4.69, 9.17) is 28.7 Å². The SMILES string of the molecule is CCCCC(NC(=O)C(CS)NC(C)=O)C(=O)NC(CCCN=C(N)N)C(=O)NC(Cc1cnc[nH]1)C(=O)NC(Cc1ccc2ccccc2c1)C(=O)NC(CCCN=C(N)N)C(=O)NC(Cc1c[nH]c2ccccc12)C(=O)NCC(=O)NC(CS)C(N)=O. The van der Waals surface area contributed by atoms with Crippen molar-refractivity contribution in [2.75, 3.05) is 31.1 Å². The van der Waals surface area contributed by atoms with E-state index in [1.165, 1.54) is 19.4 Å². The van der Waals surface area contributed by atoms with E-state index < -0.39 is 114 Å². The van der Waals surface area contributed by atoms with E-state index in [0.717, 1.165) is 21.7 Å². The molecule has 0 radical (unpaired) electrons. The van der Waals surface area contributed by atoms with Crippen molar-refractivity contribution in [3.63, 3.8) is 0 Å². The molecule has 5 rings (SSSR count). The molecule has 8 atom stereocenters. The van der Waals surface area contributed by atoms with Crippen LogP contribution in [0.25, 0.3) is 21.7 Å². The Balaban J connectivity index is 1.50. The van der Waals surface area contributed by atoms with Crippen molar-refractivity contribution in [3.8, 4) is 0 Å². The van der Waals surface area contributed by atoms with Gasteiger partial charge >= 0.3 is 0 Å². The van der Waals surface area contributed by atoms with Gasteiger partial charge in [0.25, 0.3) is 0 Å². The Hall–Kier alpha value is -9.39. The molecule has 0 saturated carbocycles. The number of carbonyl (C=O) groups is 10. The first-order chi connectivity index (χ1) is 42.6. The molecule has 10 amide bonds. The zero-order valence-corrected chi connectivity index (χ0v) is 51.3. The van der Waals surface area contributed by atoms with Crippen molar-refractivity contribution in [1.29, 1.82) is 0 Å². The average molecular weight is 1270 g/mol. The highest BCUT2D eigenvalue weighted by molar-refractivity contribution is 7.80. The topological polar surface area (TPSA) is 478 Å². The molecule has 0 fully saturated rings. The third kappa shape index (κ3) is 23.3. The fraction of sp³-hybridized carbons (Fsp3) is 0.431. The van der Waals surface area contributed by atoms with Crippen LogP contribution in [0.1, 0.15) is 75.6 Å². The molecule has 3 aromatic carbocycles. The normalized spacial score (nSPS) is 13.7. The van der Waals surface area contributed by atoms with Gasteiger partial charge in [-0.1, -0.05) is 80.4 Å². The summed E-state index contributed by atoms with van der Waals surface area (Å²) in [5.74, 6) is -8.44. The van der Waals surface area contributed by atoms with E-state index in [9.17, 15) is 38.4 Å². The number of hydrogen-bond donors (Lipinski definition) is 18. The molecule has 2 aromatic heterocycles. The van der Waals surface area contributed by atoms with Crippen molar-refractivity contribution in [2.45, 2.75) is 126 Å². The number of benzene rings is 3. The Kier molecular flexibility index (Phi) is 28.5. The maximum atomic E-state index is 15.1.